The molecule has 0 aliphatic heterocycles. The fourth-order valence-corrected chi connectivity index (χ4v) is 6.91. The summed E-state index contributed by atoms with van der Waals surface area (Å²) in [5, 5.41) is 29.9. The van der Waals surface area contributed by atoms with E-state index in [9.17, 15) is 0 Å². The third-order valence-electron chi connectivity index (χ3n) is 11.1. The Labute approximate surface area is 424 Å². The Kier molecular flexibility index (Phi) is 17.1. The number of rotatable bonds is 12. The smallest absolute Gasteiger partial charge is 0.172 e. The highest BCUT2D eigenvalue weighted by atomic mass is 14.9. The van der Waals surface area contributed by atoms with Crippen LogP contribution in [0.2, 0.25) is 0 Å². The van der Waals surface area contributed by atoms with Crippen LogP contribution in [0, 0.1) is 21.6 Å². The van der Waals surface area contributed by atoms with E-state index in [0.717, 1.165) is 72.7 Å². The van der Waals surface area contributed by atoms with Crippen LogP contribution >= 0.6 is 0 Å². The quantitative estimate of drug-likeness (QED) is 0.0421. The first-order valence-corrected chi connectivity index (χ1v) is 22.3. The van der Waals surface area contributed by atoms with Gasteiger partial charge in [0.25, 0.3) is 0 Å². The Bertz CT molecular complexity index is 2770. The van der Waals surface area contributed by atoms with Gasteiger partial charge in [0.15, 0.2) is 5.82 Å². The third kappa shape index (κ3) is 13.6. The molecule has 0 bridgehead atoms. The molecule has 0 amide bonds. The zero-order valence-corrected chi connectivity index (χ0v) is 39.6. The molecule has 12 N–H and O–H groups in total. The van der Waals surface area contributed by atoms with Gasteiger partial charge in [0.05, 0.1) is 45.6 Å². The molecule has 73 heavy (non-hydrogen) atoms. The number of nitrogen functional groups attached to an aromatic ring is 2. The summed E-state index contributed by atoms with van der Waals surface area (Å²) in [4.78, 5) is 30.4. The van der Waals surface area contributed by atoms with E-state index in [-0.39, 0.29) is 19.1 Å². The molecule has 15 heteroatoms. The standard InChI is InChI=1S/C20H18N4.C19H17N5.C18H16N6.CH4/c1-13(21)15-3-5-16(6-4-15)20-10-8-18(12-24-20)17-7-9-19(14(2)22)23-11-17;1-12(20)17-8-6-15(10-23-17)16-7-9-18(24-11-16)13-2-4-14(5-3-13)19(21)22;1-11(19)18-23-9-15(10-24-18)14-6-7-16(22-8-14)12-2-4-13(5-3-12)17(20)21;/h3-12H,1-2,21-22H2;2-11,20H,1H3,(H3,21,22);2-10,19H,1H3,(H3,20,21);1H4. The van der Waals surface area contributed by atoms with Crippen molar-refractivity contribution in [1.82, 2.24) is 34.9 Å². The van der Waals surface area contributed by atoms with Gasteiger partial charge in [0, 0.05) is 110 Å². The minimum absolute atomic E-state index is 0. The largest absolute Gasteiger partial charge is 0.399 e. The average Bonchev–Trinajstić information content (AvgIpc) is 3.41. The topological polar surface area (TPSA) is 290 Å². The van der Waals surface area contributed by atoms with Crippen LogP contribution < -0.4 is 22.9 Å². The summed E-state index contributed by atoms with van der Waals surface area (Å²) in [6.45, 7) is 10.8. The number of amidine groups is 2. The van der Waals surface area contributed by atoms with Gasteiger partial charge < -0.3 is 33.8 Å². The monoisotopic (exact) mass is 961 g/mol. The Morgan fingerprint density at radius 3 is 0.904 bits per heavy atom. The van der Waals surface area contributed by atoms with Gasteiger partial charge in [0.1, 0.15) is 11.7 Å². The first-order chi connectivity index (χ1) is 34.6. The highest BCUT2D eigenvalue weighted by Gasteiger charge is 2.08. The summed E-state index contributed by atoms with van der Waals surface area (Å²) in [6, 6.07) is 42.1. The molecule has 0 atom stereocenters. The normalized spacial score (nSPS) is 10.2. The van der Waals surface area contributed by atoms with Gasteiger partial charge in [-0.2, -0.15) is 0 Å². The van der Waals surface area contributed by atoms with Crippen molar-refractivity contribution in [3.05, 3.63) is 224 Å². The van der Waals surface area contributed by atoms with E-state index in [0.29, 0.717) is 51.2 Å². The van der Waals surface area contributed by atoms with E-state index in [2.05, 4.69) is 48.0 Å². The summed E-state index contributed by atoms with van der Waals surface area (Å²) in [5.41, 5.74) is 38.9. The van der Waals surface area contributed by atoms with Crippen LogP contribution in [-0.4, -0.2) is 58.0 Å². The SMILES string of the molecule is C.C=C(N)c1ccc(-c2ccc(-c3ccc(C(=C)N)nc3)cn2)cc1.CC(=N)c1ccc(-c2ccc(-c3ccc(C(=N)N)cc3)nc2)cn1.CC(=N)c1ncc(-c2ccc(-c3ccc(C(=N)N)cc3)nc2)cn1. The van der Waals surface area contributed by atoms with Gasteiger partial charge in [0.2, 0.25) is 0 Å². The Hall–Kier alpha value is -10.2. The molecule has 0 radical (unpaired) electrons. The number of hydrogen-bond acceptors (Lipinski definition) is 13. The summed E-state index contributed by atoms with van der Waals surface area (Å²) in [6.07, 6.45) is 12.3. The molecule has 0 spiro atoms. The Morgan fingerprint density at radius 1 is 0.329 bits per heavy atom. The molecule has 9 aromatic rings. The highest BCUT2D eigenvalue weighted by molar-refractivity contribution is 5.96. The summed E-state index contributed by atoms with van der Waals surface area (Å²) >= 11 is 0. The van der Waals surface area contributed by atoms with Crippen molar-refractivity contribution in [3.63, 3.8) is 0 Å². The van der Waals surface area contributed by atoms with Crippen LogP contribution in [0.5, 0.6) is 0 Å². The maximum Gasteiger partial charge on any atom is 0.172 e. The zero-order valence-electron chi connectivity index (χ0n) is 39.6. The lowest BCUT2D eigenvalue weighted by Crippen LogP contribution is -2.10. The third-order valence-corrected chi connectivity index (χ3v) is 11.1. The molecule has 3 aromatic carbocycles. The molecule has 0 saturated carbocycles. The average molecular weight is 962 g/mol. The number of aromatic nitrogens is 7. The number of benzene rings is 3. The molecule has 9 rings (SSSR count). The van der Waals surface area contributed by atoms with Crippen LogP contribution in [0.1, 0.15) is 55.2 Å². The molecule has 0 aliphatic rings. The number of pyridine rings is 5. The Morgan fingerprint density at radius 2 is 0.630 bits per heavy atom. The molecule has 6 heterocycles. The summed E-state index contributed by atoms with van der Waals surface area (Å²) in [7, 11) is 0. The molecule has 0 saturated heterocycles. The lowest BCUT2D eigenvalue weighted by atomic mass is 10.1. The zero-order chi connectivity index (χ0) is 51.3. The minimum Gasteiger partial charge on any atom is -0.399 e. The van der Waals surface area contributed by atoms with Gasteiger partial charge in [-0.05, 0) is 49.7 Å². The first-order valence-electron chi connectivity index (χ1n) is 22.3. The van der Waals surface area contributed by atoms with Crippen molar-refractivity contribution in [3.8, 4) is 67.2 Å². The van der Waals surface area contributed by atoms with Crippen LogP contribution in [-0.2, 0) is 0 Å². The summed E-state index contributed by atoms with van der Waals surface area (Å²) < 4.78 is 0. The Balaban J connectivity index is 0.000000177. The van der Waals surface area contributed by atoms with Crippen molar-refractivity contribution in [1.29, 1.82) is 21.6 Å². The van der Waals surface area contributed by atoms with Crippen LogP contribution in [0.15, 0.2) is 190 Å². The molecule has 15 nitrogen and oxygen atoms in total. The second-order valence-electron chi connectivity index (χ2n) is 16.3. The van der Waals surface area contributed by atoms with Crippen LogP contribution in [0.25, 0.3) is 78.5 Å². The molecule has 362 valence electrons. The second-order valence-corrected chi connectivity index (χ2v) is 16.3. The van der Waals surface area contributed by atoms with E-state index in [4.69, 9.17) is 44.6 Å². The van der Waals surface area contributed by atoms with E-state index in [1.54, 1.807) is 57.0 Å². The lowest BCUT2D eigenvalue weighted by molar-refractivity contribution is 1.12. The van der Waals surface area contributed by atoms with E-state index >= 15 is 0 Å². The number of nitrogens with one attached hydrogen (secondary N) is 4. The van der Waals surface area contributed by atoms with Crippen LogP contribution in [0.4, 0.5) is 0 Å². The van der Waals surface area contributed by atoms with Crippen molar-refractivity contribution in [2.75, 3.05) is 0 Å². The summed E-state index contributed by atoms with van der Waals surface area (Å²) in [5.74, 6) is 0.531. The van der Waals surface area contributed by atoms with E-state index in [1.807, 2.05) is 134 Å². The van der Waals surface area contributed by atoms with Gasteiger partial charge in [-0.1, -0.05) is 124 Å². The predicted molar refractivity (Wildman–Crippen MR) is 297 cm³/mol. The molecular weight excluding hydrogens is 907 g/mol. The highest BCUT2D eigenvalue weighted by Crippen LogP contribution is 2.26. The van der Waals surface area contributed by atoms with Crippen molar-refractivity contribution < 1.29 is 0 Å². The first kappa shape index (κ1) is 52.2. The second kappa shape index (κ2) is 23.9. The van der Waals surface area contributed by atoms with Gasteiger partial charge in [-0.15, -0.1) is 0 Å². The maximum atomic E-state index is 7.58. The molecule has 0 aliphatic carbocycles. The van der Waals surface area contributed by atoms with Gasteiger partial charge >= 0.3 is 0 Å². The van der Waals surface area contributed by atoms with Crippen molar-refractivity contribution >= 4 is 34.5 Å². The molecular formula is C58H55N15. The van der Waals surface area contributed by atoms with Crippen molar-refractivity contribution in [2.24, 2.45) is 22.9 Å². The van der Waals surface area contributed by atoms with Crippen LogP contribution in [0.3, 0.4) is 0 Å². The number of nitrogens with two attached hydrogens (primary N) is 4. The fourth-order valence-electron chi connectivity index (χ4n) is 6.91. The van der Waals surface area contributed by atoms with Gasteiger partial charge in [-0.3, -0.25) is 35.7 Å². The lowest BCUT2D eigenvalue weighted by Gasteiger charge is -2.06. The fraction of sp³-hybridized carbons (Fsp3) is 0.0517. The molecule has 0 unspecified atom stereocenters. The predicted octanol–water partition coefficient (Wildman–Crippen LogP) is 10.7. The minimum atomic E-state index is 0. The van der Waals surface area contributed by atoms with E-state index < -0.39 is 0 Å². The van der Waals surface area contributed by atoms with Crippen molar-refractivity contribution in [2.45, 2.75) is 21.3 Å². The van der Waals surface area contributed by atoms with Gasteiger partial charge in [-0.25, -0.2) is 9.97 Å². The maximum absolute atomic E-state index is 7.58. The molecule has 6 aromatic heterocycles. The molecule has 0 fully saturated rings. The van der Waals surface area contributed by atoms with E-state index in [1.165, 1.54) is 0 Å². The number of nitrogens with zero attached hydrogens (tertiary/aromatic N) is 7. The number of hydrogen-bond donors (Lipinski definition) is 8.